The molecule has 2 heterocycles. The molecule has 0 spiro atoms. The fraction of sp³-hybridized carbons (Fsp3) is 0.125. The van der Waals surface area contributed by atoms with Crippen molar-refractivity contribution in [2.75, 3.05) is 5.32 Å². The topological polar surface area (TPSA) is 120 Å². The molecule has 0 atom stereocenters. The second kappa shape index (κ2) is 7.23. The number of amides is 1. The Labute approximate surface area is 151 Å². The average molecular weight is 371 g/mol. The first-order valence-corrected chi connectivity index (χ1v) is 8.29. The van der Waals surface area contributed by atoms with Crippen LogP contribution in [-0.4, -0.2) is 25.6 Å². The van der Waals surface area contributed by atoms with E-state index >= 15 is 0 Å². The number of aryl methyl sites for hydroxylation is 1. The maximum absolute atomic E-state index is 12.3. The van der Waals surface area contributed by atoms with E-state index in [1.807, 2.05) is 0 Å². The van der Waals surface area contributed by atoms with Crippen LogP contribution in [0.4, 0.5) is 10.8 Å². The van der Waals surface area contributed by atoms with E-state index in [1.165, 1.54) is 46.4 Å². The molecule has 0 saturated carbocycles. The van der Waals surface area contributed by atoms with Crippen LogP contribution >= 0.6 is 11.3 Å². The van der Waals surface area contributed by atoms with Gasteiger partial charge in [0.25, 0.3) is 17.2 Å². The second-order valence-electron chi connectivity index (χ2n) is 5.39. The molecule has 132 valence electrons. The van der Waals surface area contributed by atoms with Gasteiger partial charge in [0.1, 0.15) is 5.01 Å². The van der Waals surface area contributed by atoms with Gasteiger partial charge in [-0.15, -0.1) is 10.2 Å². The van der Waals surface area contributed by atoms with Gasteiger partial charge in [0.05, 0.1) is 17.0 Å². The third kappa shape index (κ3) is 3.98. The molecule has 0 fully saturated rings. The highest BCUT2D eigenvalue weighted by Gasteiger charge is 2.12. The molecule has 1 aromatic carbocycles. The van der Waals surface area contributed by atoms with Gasteiger partial charge in [-0.1, -0.05) is 23.5 Å². The SMILES string of the molecule is Cc1nnc(NC(=O)c2ccc(=O)n(Cc3cccc([N+](=O)[O-])c3)c2)s1. The van der Waals surface area contributed by atoms with Crippen LogP contribution in [0.5, 0.6) is 0 Å². The van der Waals surface area contributed by atoms with E-state index in [2.05, 4.69) is 15.5 Å². The number of anilines is 1. The Hall–Kier alpha value is -3.40. The number of carbonyl (C=O) groups excluding carboxylic acids is 1. The second-order valence-corrected chi connectivity index (χ2v) is 6.57. The van der Waals surface area contributed by atoms with Gasteiger partial charge in [-0.2, -0.15) is 0 Å². The van der Waals surface area contributed by atoms with Crippen molar-refractivity contribution in [1.82, 2.24) is 14.8 Å². The number of nitro groups is 1. The highest BCUT2D eigenvalue weighted by Crippen LogP contribution is 2.16. The first-order chi connectivity index (χ1) is 12.4. The molecule has 2 aromatic heterocycles. The lowest BCUT2D eigenvalue weighted by atomic mass is 10.2. The van der Waals surface area contributed by atoms with Gasteiger partial charge in [0, 0.05) is 24.4 Å². The molecule has 1 amide bonds. The van der Waals surface area contributed by atoms with E-state index < -0.39 is 10.8 Å². The monoisotopic (exact) mass is 371 g/mol. The summed E-state index contributed by atoms with van der Waals surface area (Å²) in [5.74, 6) is -0.422. The molecule has 1 N–H and O–H groups in total. The van der Waals surface area contributed by atoms with Crippen LogP contribution in [0.3, 0.4) is 0 Å². The van der Waals surface area contributed by atoms with Crippen LogP contribution in [0.1, 0.15) is 20.9 Å². The summed E-state index contributed by atoms with van der Waals surface area (Å²) in [6.45, 7) is 1.88. The maximum atomic E-state index is 12.3. The van der Waals surface area contributed by atoms with Crippen LogP contribution in [0, 0.1) is 17.0 Å². The third-order valence-corrected chi connectivity index (χ3v) is 4.22. The Morgan fingerprint density at radius 1 is 1.31 bits per heavy atom. The molecule has 0 unspecified atom stereocenters. The van der Waals surface area contributed by atoms with Gasteiger partial charge in [-0.05, 0) is 18.6 Å². The summed E-state index contributed by atoms with van der Waals surface area (Å²) in [6, 6.07) is 8.68. The maximum Gasteiger partial charge on any atom is 0.269 e. The van der Waals surface area contributed by atoms with E-state index in [9.17, 15) is 19.7 Å². The van der Waals surface area contributed by atoms with Gasteiger partial charge >= 0.3 is 0 Å². The van der Waals surface area contributed by atoms with Crippen molar-refractivity contribution in [3.8, 4) is 0 Å². The molecular weight excluding hydrogens is 358 g/mol. The predicted molar refractivity (Wildman–Crippen MR) is 95.5 cm³/mol. The molecule has 10 heteroatoms. The van der Waals surface area contributed by atoms with E-state index in [4.69, 9.17) is 0 Å². The number of benzene rings is 1. The normalized spacial score (nSPS) is 10.5. The molecule has 0 aliphatic carbocycles. The van der Waals surface area contributed by atoms with Gasteiger partial charge in [-0.3, -0.25) is 25.0 Å². The lowest BCUT2D eigenvalue weighted by Gasteiger charge is -2.08. The molecule has 0 radical (unpaired) electrons. The quantitative estimate of drug-likeness (QED) is 0.542. The lowest BCUT2D eigenvalue weighted by Crippen LogP contribution is -2.22. The largest absolute Gasteiger partial charge is 0.310 e. The molecule has 3 aromatic rings. The number of hydrogen-bond donors (Lipinski definition) is 1. The van der Waals surface area contributed by atoms with Gasteiger partial charge in [0.2, 0.25) is 5.13 Å². The molecule has 0 aliphatic heterocycles. The van der Waals surface area contributed by atoms with Crippen LogP contribution in [-0.2, 0) is 6.54 Å². The zero-order valence-electron chi connectivity index (χ0n) is 13.6. The smallest absolute Gasteiger partial charge is 0.269 e. The number of nitrogens with zero attached hydrogens (tertiary/aromatic N) is 4. The van der Waals surface area contributed by atoms with Crippen molar-refractivity contribution in [3.05, 3.63) is 79.2 Å². The summed E-state index contributed by atoms with van der Waals surface area (Å²) < 4.78 is 1.32. The number of aromatic nitrogens is 3. The highest BCUT2D eigenvalue weighted by molar-refractivity contribution is 7.15. The summed E-state index contributed by atoms with van der Waals surface area (Å²) in [4.78, 5) is 34.7. The number of pyridine rings is 1. The van der Waals surface area contributed by atoms with Crippen molar-refractivity contribution in [1.29, 1.82) is 0 Å². The van der Waals surface area contributed by atoms with Gasteiger partial charge in [0.15, 0.2) is 0 Å². The number of carbonyl (C=O) groups is 1. The Bertz CT molecular complexity index is 1040. The first-order valence-electron chi connectivity index (χ1n) is 7.47. The molecule has 9 nitrogen and oxygen atoms in total. The van der Waals surface area contributed by atoms with E-state index in [1.54, 1.807) is 19.1 Å². The summed E-state index contributed by atoms with van der Waals surface area (Å²) in [5, 5.41) is 22.2. The summed E-state index contributed by atoms with van der Waals surface area (Å²) in [7, 11) is 0. The Balaban J connectivity index is 1.83. The zero-order chi connectivity index (χ0) is 18.7. The summed E-state index contributed by atoms with van der Waals surface area (Å²) >= 11 is 1.24. The molecule has 3 rings (SSSR count). The fourth-order valence-electron chi connectivity index (χ4n) is 2.27. The molecule has 0 bridgehead atoms. The van der Waals surface area contributed by atoms with Gasteiger partial charge in [-0.25, -0.2) is 0 Å². The standard InChI is InChI=1S/C16H13N5O4S/c1-10-18-19-16(26-10)17-15(23)12-5-6-14(22)20(9-12)8-11-3-2-4-13(7-11)21(24)25/h2-7,9H,8H2,1H3,(H,17,19,23). The average Bonchev–Trinajstić information content (AvgIpc) is 3.02. The lowest BCUT2D eigenvalue weighted by molar-refractivity contribution is -0.384. The minimum Gasteiger partial charge on any atom is -0.310 e. The minimum atomic E-state index is -0.500. The van der Waals surface area contributed by atoms with Crippen molar-refractivity contribution >= 4 is 28.1 Å². The van der Waals surface area contributed by atoms with Gasteiger partial charge < -0.3 is 4.57 Å². The molecule has 0 aliphatic rings. The minimum absolute atomic E-state index is 0.0592. The van der Waals surface area contributed by atoms with Crippen LogP contribution < -0.4 is 10.9 Å². The van der Waals surface area contributed by atoms with E-state index in [0.29, 0.717) is 10.7 Å². The van der Waals surface area contributed by atoms with Crippen LogP contribution in [0.15, 0.2) is 47.4 Å². The zero-order valence-corrected chi connectivity index (χ0v) is 14.4. The van der Waals surface area contributed by atoms with E-state index in [0.717, 1.165) is 5.01 Å². The predicted octanol–water partition coefficient (Wildman–Crippen LogP) is 2.22. The van der Waals surface area contributed by atoms with Crippen LogP contribution in [0.25, 0.3) is 0 Å². The van der Waals surface area contributed by atoms with Crippen molar-refractivity contribution in [3.63, 3.8) is 0 Å². The number of nitrogens with one attached hydrogen (secondary N) is 1. The molecule has 0 saturated heterocycles. The summed E-state index contributed by atoms with van der Waals surface area (Å²) in [5.41, 5.74) is 0.470. The number of non-ortho nitro benzene ring substituents is 1. The molecular formula is C16H13N5O4S. The first kappa shape index (κ1) is 17.4. The molecule has 26 heavy (non-hydrogen) atoms. The highest BCUT2D eigenvalue weighted by atomic mass is 32.1. The van der Waals surface area contributed by atoms with Crippen LogP contribution in [0.2, 0.25) is 0 Å². The third-order valence-electron chi connectivity index (χ3n) is 3.47. The van der Waals surface area contributed by atoms with E-state index in [-0.39, 0.29) is 23.4 Å². The van der Waals surface area contributed by atoms with Crippen molar-refractivity contribution in [2.24, 2.45) is 0 Å². The Kier molecular flexibility index (Phi) is 4.85. The Morgan fingerprint density at radius 3 is 2.81 bits per heavy atom. The summed E-state index contributed by atoms with van der Waals surface area (Å²) in [6.07, 6.45) is 1.41. The van der Waals surface area contributed by atoms with Crippen molar-refractivity contribution < 1.29 is 9.72 Å². The Morgan fingerprint density at radius 2 is 2.12 bits per heavy atom. The number of rotatable bonds is 5. The van der Waals surface area contributed by atoms with Crippen molar-refractivity contribution in [2.45, 2.75) is 13.5 Å². The fourth-order valence-corrected chi connectivity index (χ4v) is 2.86. The number of nitro benzene ring substituents is 1. The number of hydrogen-bond acceptors (Lipinski definition) is 7.